The van der Waals surface area contributed by atoms with Crippen molar-refractivity contribution in [2.75, 3.05) is 7.11 Å². The Morgan fingerprint density at radius 1 is 1.25 bits per heavy atom. The number of benzene rings is 1. The maximum atomic E-state index is 11.3. The highest BCUT2D eigenvalue weighted by Gasteiger charge is 2.10. The maximum absolute atomic E-state index is 11.3. The minimum absolute atomic E-state index is 0.0997. The molecule has 0 N–H and O–H groups in total. The van der Waals surface area contributed by atoms with Crippen LogP contribution in [0.4, 0.5) is 0 Å². The Hall–Kier alpha value is -2.80. The van der Waals surface area contributed by atoms with Crippen LogP contribution < -0.4 is 0 Å². The molecule has 20 heavy (non-hydrogen) atoms. The van der Waals surface area contributed by atoms with Crippen LogP contribution in [-0.2, 0) is 9.53 Å². The van der Waals surface area contributed by atoms with Crippen molar-refractivity contribution < 1.29 is 13.9 Å². The average Bonchev–Trinajstić information content (AvgIpc) is 2.93. The molecule has 0 fully saturated rings. The second-order valence-corrected chi connectivity index (χ2v) is 4.23. The van der Waals surface area contributed by atoms with Gasteiger partial charge < -0.3 is 9.15 Å². The molecule has 0 amide bonds. The maximum Gasteiger partial charge on any atom is 0.348 e. The molecule has 2 aromatic rings. The van der Waals surface area contributed by atoms with E-state index in [-0.39, 0.29) is 5.57 Å². The van der Waals surface area contributed by atoms with Crippen molar-refractivity contribution in [2.24, 2.45) is 0 Å². The Labute approximate surface area is 116 Å². The van der Waals surface area contributed by atoms with E-state index in [0.29, 0.717) is 11.5 Å². The first-order chi connectivity index (χ1) is 9.63. The van der Waals surface area contributed by atoms with Crippen LogP contribution in [0.5, 0.6) is 0 Å². The number of carbonyl (C=O) groups is 1. The number of hydrogen-bond donors (Lipinski definition) is 0. The molecule has 0 aliphatic heterocycles. The fourth-order valence-corrected chi connectivity index (χ4v) is 1.69. The van der Waals surface area contributed by atoms with E-state index in [1.165, 1.54) is 13.2 Å². The summed E-state index contributed by atoms with van der Waals surface area (Å²) in [5.74, 6) is 0.432. The third-order valence-corrected chi connectivity index (χ3v) is 2.78. The number of carbonyl (C=O) groups excluding carboxylic acids is 1. The first kappa shape index (κ1) is 13.6. The molecule has 0 saturated carbocycles. The predicted octanol–water partition coefficient (Wildman–Crippen LogP) is 3.34. The molecule has 0 saturated heterocycles. The number of hydrogen-bond acceptors (Lipinski definition) is 4. The van der Waals surface area contributed by atoms with Crippen LogP contribution in [-0.4, -0.2) is 13.1 Å². The van der Waals surface area contributed by atoms with E-state index >= 15 is 0 Å². The summed E-state index contributed by atoms with van der Waals surface area (Å²) in [5.41, 5.74) is 2.00. The third kappa shape index (κ3) is 2.96. The van der Waals surface area contributed by atoms with Crippen LogP contribution in [0.15, 0.2) is 46.4 Å². The largest absolute Gasteiger partial charge is 0.465 e. The fourth-order valence-electron chi connectivity index (χ4n) is 1.69. The normalized spacial score (nSPS) is 10.9. The van der Waals surface area contributed by atoms with Crippen LogP contribution in [0.3, 0.4) is 0 Å². The van der Waals surface area contributed by atoms with Gasteiger partial charge in [0.25, 0.3) is 0 Å². The van der Waals surface area contributed by atoms with Crippen molar-refractivity contribution in [2.45, 2.75) is 6.92 Å². The van der Waals surface area contributed by atoms with Gasteiger partial charge >= 0.3 is 5.97 Å². The average molecular weight is 267 g/mol. The van der Waals surface area contributed by atoms with E-state index in [2.05, 4.69) is 4.74 Å². The number of ether oxygens (including phenoxy) is 1. The van der Waals surface area contributed by atoms with E-state index in [0.717, 1.165) is 11.1 Å². The van der Waals surface area contributed by atoms with Crippen LogP contribution in [0.2, 0.25) is 0 Å². The molecule has 100 valence electrons. The number of furan rings is 1. The summed E-state index contributed by atoms with van der Waals surface area (Å²) in [6.45, 7) is 2.01. The van der Waals surface area contributed by atoms with Crippen LogP contribution in [0.1, 0.15) is 11.3 Å². The molecule has 1 aromatic heterocycles. The minimum atomic E-state index is -0.680. The molecule has 2 rings (SSSR count). The van der Waals surface area contributed by atoms with Gasteiger partial charge in [-0.25, -0.2) is 4.79 Å². The summed E-state index contributed by atoms with van der Waals surface area (Å²) in [4.78, 5) is 11.3. The fraction of sp³-hybridized carbons (Fsp3) is 0.125. The monoisotopic (exact) mass is 267 g/mol. The lowest BCUT2D eigenvalue weighted by atomic mass is 10.1. The summed E-state index contributed by atoms with van der Waals surface area (Å²) in [5, 5.41) is 8.88. The summed E-state index contributed by atoms with van der Waals surface area (Å²) in [6, 6.07) is 13.2. The van der Waals surface area contributed by atoms with Gasteiger partial charge in [0.05, 0.1) is 7.11 Å². The molecule has 0 unspecified atom stereocenters. The van der Waals surface area contributed by atoms with E-state index in [9.17, 15) is 4.79 Å². The zero-order valence-corrected chi connectivity index (χ0v) is 11.2. The van der Waals surface area contributed by atoms with E-state index in [1.54, 1.807) is 18.2 Å². The second-order valence-electron chi connectivity index (χ2n) is 4.23. The van der Waals surface area contributed by atoms with Crippen LogP contribution >= 0.6 is 0 Å². The van der Waals surface area contributed by atoms with Crippen LogP contribution in [0.25, 0.3) is 17.4 Å². The Bertz CT molecular complexity index is 687. The summed E-state index contributed by atoms with van der Waals surface area (Å²) < 4.78 is 10.1. The zero-order valence-electron chi connectivity index (χ0n) is 11.2. The Morgan fingerprint density at radius 3 is 2.55 bits per heavy atom. The number of aryl methyl sites for hydroxylation is 1. The summed E-state index contributed by atoms with van der Waals surface area (Å²) in [7, 11) is 1.23. The van der Waals surface area contributed by atoms with Gasteiger partial charge in [-0.2, -0.15) is 5.26 Å². The highest BCUT2D eigenvalue weighted by atomic mass is 16.5. The lowest BCUT2D eigenvalue weighted by Crippen LogP contribution is -2.02. The van der Waals surface area contributed by atoms with Crippen molar-refractivity contribution in [1.29, 1.82) is 5.26 Å². The number of rotatable bonds is 3. The zero-order chi connectivity index (χ0) is 14.5. The highest BCUT2D eigenvalue weighted by molar-refractivity contribution is 5.97. The molecule has 0 atom stereocenters. The first-order valence-corrected chi connectivity index (χ1v) is 6.01. The van der Waals surface area contributed by atoms with Crippen molar-refractivity contribution in [3.8, 4) is 17.4 Å². The topological polar surface area (TPSA) is 63.2 Å². The van der Waals surface area contributed by atoms with Gasteiger partial charge in [-0.3, -0.25) is 0 Å². The molecule has 0 aliphatic carbocycles. The Balaban J connectivity index is 2.29. The summed E-state index contributed by atoms with van der Waals surface area (Å²) >= 11 is 0. The van der Waals surface area contributed by atoms with E-state index in [1.807, 2.05) is 31.2 Å². The summed E-state index contributed by atoms with van der Waals surface area (Å²) in [6.07, 6.45) is 1.36. The third-order valence-electron chi connectivity index (χ3n) is 2.78. The van der Waals surface area contributed by atoms with Crippen LogP contribution in [0, 0.1) is 18.3 Å². The first-order valence-electron chi connectivity index (χ1n) is 6.01. The number of nitrogens with zero attached hydrogens (tertiary/aromatic N) is 1. The number of esters is 1. The van der Waals surface area contributed by atoms with Crippen molar-refractivity contribution >= 4 is 12.0 Å². The quantitative estimate of drug-likeness (QED) is 0.486. The number of nitriles is 1. The molecular formula is C16H13NO3. The molecule has 1 aromatic carbocycles. The Morgan fingerprint density at radius 2 is 1.95 bits per heavy atom. The Kier molecular flexibility index (Phi) is 4.02. The molecular weight excluding hydrogens is 254 g/mol. The standard InChI is InChI=1S/C16H13NO3/c1-11-3-5-12(6-4-11)15-8-7-14(20-15)9-13(10-17)16(18)19-2/h3-9H,1-2H3/b13-9+. The van der Waals surface area contributed by atoms with Crippen molar-refractivity contribution in [1.82, 2.24) is 0 Å². The SMILES string of the molecule is COC(=O)/C(C#N)=C/c1ccc(-c2ccc(C)cc2)o1. The van der Waals surface area contributed by atoms with Gasteiger partial charge in [0.1, 0.15) is 23.2 Å². The van der Waals surface area contributed by atoms with E-state index in [4.69, 9.17) is 9.68 Å². The molecule has 0 bridgehead atoms. The smallest absolute Gasteiger partial charge is 0.348 e. The van der Waals surface area contributed by atoms with Gasteiger partial charge in [0, 0.05) is 11.6 Å². The minimum Gasteiger partial charge on any atom is -0.465 e. The van der Waals surface area contributed by atoms with E-state index < -0.39 is 5.97 Å². The van der Waals surface area contributed by atoms with Gasteiger partial charge in [-0.05, 0) is 19.1 Å². The van der Waals surface area contributed by atoms with Gasteiger partial charge in [-0.1, -0.05) is 29.8 Å². The molecule has 4 heteroatoms. The predicted molar refractivity (Wildman–Crippen MR) is 74.5 cm³/mol. The van der Waals surface area contributed by atoms with Crippen molar-refractivity contribution in [3.05, 3.63) is 53.3 Å². The van der Waals surface area contributed by atoms with Gasteiger partial charge in [0.2, 0.25) is 0 Å². The molecule has 1 heterocycles. The molecule has 0 spiro atoms. The van der Waals surface area contributed by atoms with Gasteiger partial charge in [-0.15, -0.1) is 0 Å². The van der Waals surface area contributed by atoms with Gasteiger partial charge in [0.15, 0.2) is 0 Å². The number of methoxy groups -OCH3 is 1. The second kappa shape index (κ2) is 5.89. The lowest BCUT2D eigenvalue weighted by Gasteiger charge is -1.97. The highest BCUT2D eigenvalue weighted by Crippen LogP contribution is 2.23. The van der Waals surface area contributed by atoms with Crippen molar-refractivity contribution in [3.63, 3.8) is 0 Å². The lowest BCUT2D eigenvalue weighted by molar-refractivity contribution is -0.135. The molecule has 0 radical (unpaired) electrons. The molecule has 4 nitrogen and oxygen atoms in total. The molecule has 0 aliphatic rings.